The fourth-order valence-corrected chi connectivity index (χ4v) is 3.75. The number of nitrogens with two attached hydrogens (primary N) is 1. The molecule has 15 heteroatoms. The number of pyridine rings is 1. The molecule has 0 radical (unpaired) electrons. The van der Waals surface area contributed by atoms with Gasteiger partial charge in [-0.25, -0.2) is 9.37 Å². The smallest absolute Gasteiger partial charge is 0.416 e. The number of hydrogen-bond donors (Lipinski definition) is 1. The minimum Gasteiger partial charge on any atom is -0.437 e. The number of rotatable bonds is 6. The summed E-state index contributed by atoms with van der Waals surface area (Å²) in [6.07, 6.45) is -4.78. The molecule has 0 saturated heterocycles. The maximum absolute atomic E-state index is 14.9. The second-order valence-corrected chi connectivity index (χ2v) is 7.71. The highest BCUT2D eigenvalue weighted by Crippen LogP contribution is 2.51. The summed E-state index contributed by atoms with van der Waals surface area (Å²) in [5, 5.41) is 23.4. The zero-order valence-corrected chi connectivity index (χ0v) is 18.1. The molecule has 1 heterocycles. The van der Waals surface area contributed by atoms with E-state index in [1.165, 1.54) is 24.4 Å². The van der Waals surface area contributed by atoms with Crippen molar-refractivity contribution < 1.29 is 32.1 Å². The first kappa shape index (κ1) is 25.0. The van der Waals surface area contributed by atoms with E-state index in [9.17, 15) is 37.8 Å². The molecule has 0 bridgehead atoms. The number of benzene rings is 1. The number of alkyl halides is 3. The average molecular weight is 519 g/mol. The van der Waals surface area contributed by atoms with Gasteiger partial charge in [-0.3, -0.25) is 20.2 Å². The van der Waals surface area contributed by atoms with Crippen LogP contribution in [-0.4, -0.2) is 19.8 Å². The van der Waals surface area contributed by atoms with Crippen molar-refractivity contribution in [3.63, 3.8) is 0 Å². The molecule has 1 unspecified atom stereocenters. The van der Waals surface area contributed by atoms with Crippen LogP contribution < -0.4 is 10.5 Å². The number of ether oxygens (including phenoxy) is 1. The minimum atomic E-state index is -5.06. The molecule has 1 aromatic carbocycles. The predicted octanol–water partition coefficient (Wildman–Crippen LogP) is 5.09. The van der Waals surface area contributed by atoms with Gasteiger partial charge in [-0.15, -0.1) is 0 Å². The lowest BCUT2D eigenvalue weighted by atomic mass is 9.78. The molecule has 1 atom stereocenters. The third-order valence-corrected chi connectivity index (χ3v) is 5.34. The maximum atomic E-state index is 14.9. The Hall–Kier alpha value is -3.65. The lowest BCUT2D eigenvalue weighted by Crippen LogP contribution is -2.43. The van der Waals surface area contributed by atoms with E-state index >= 15 is 0 Å². The van der Waals surface area contributed by atoms with Crippen LogP contribution in [0.15, 0.2) is 59.7 Å². The highest BCUT2D eigenvalue weighted by Gasteiger charge is 2.61. The predicted molar refractivity (Wildman–Crippen MR) is 114 cm³/mol. The van der Waals surface area contributed by atoms with Gasteiger partial charge in [0.05, 0.1) is 27.5 Å². The van der Waals surface area contributed by atoms with Crippen LogP contribution in [0, 0.1) is 20.2 Å². The van der Waals surface area contributed by atoms with Crippen LogP contribution in [-0.2, 0) is 11.7 Å². The Kier molecular flexibility index (Phi) is 6.57. The topological polar surface area (TPSA) is 134 Å². The molecule has 1 aromatic heterocycles. The second kappa shape index (κ2) is 8.95. The Morgan fingerprint density at radius 2 is 1.94 bits per heavy atom. The van der Waals surface area contributed by atoms with E-state index in [0.717, 1.165) is 0 Å². The molecule has 178 valence electrons. The van der Waals surface area contributed by atoms with Crippen LogP contribution in [0.2, 0.25) is 5.02 Å². The fourth-order valence-electron chi connectivity index (χ4n) is 3.32. The number of aromatic nitrogens is 1. The first-order valence-electron chi connectivity index (χ1n) is 8.98. The van der Waals surface area contributed by atoms with Gasteiger partial charge in [-0.2, -0.15) is 13.2 Å². The van der Waals surface area contributed by atoms with Crippen molar-refractivity contribution in [1.82, 2.24) is 4.98 Å². The third kappa shape index (κ3) is 4.41. The minimum absolute atomic E-state index is 0.244. The van der Waals surface area contributed by atoms with E-state index in [1.54, 1.807) is 0 Å². The van der Waals surface area contributed by atoms with Gasteiger partial charge in [0.2, 0.25) is 5.88 Å². The summed E-state index contributed by atoms with van der Waals surface area (Å²) in [6.45, 7) is 0. The second-order valence-electron chi connectivity index (χ2n) is 6.87. The number of hydrogen-bond acceptors (Lipinski definition) is 7. The normalized spacial score (nSPS) is 18.3. The summed E-state index contributed by atoms with van der Waals surface area (Å²) >= 11 is 10.6. The molecule has 0 amide bonds. The summed E-state index contributed by atoms with van der Waals surface area (Å²) < 4.78 is 61.0. The van der Waals surface area contributed by atoms with Crippen molar-refractivity contribution in [2.75, 3.05) is 0 Å². The molecule has 1 aliphatic carbocycles. The van der Waals surface area contributed by atoms with Gasteiger partial charge in [-0.05, 0) is 18.2 Å². The van der Waals surface area contributed by atoms with Crippen LogP contribution in [0.1, 0.15) is 17.5 Å². The quantitative estimate of drug-likeness (QED) is 0.242. The van der Waals surface area contributed by atoms with E-state index in [4.69, 9.17) is 22.1 Å². The molecule has 2 aromatic rings. The van der Waals surface area contributed by atoms with E-state index in [0.29, 0.717) is 12.1 Å². The van der Waals surface area contributed by atoms with E-state index in [1.807, 2.05) is 0 Å². The standard InChI is InChI=1S/C19H11ClF4N4O5S/c20-12-6-9(19(22,23)24)5-11(16(12)33-15-3-1-2-4-26-15)18(28(31)32)8-13(21)10(17(25)34)7-14(18)27(29)30/h1-7H,8H2,(H2,25,34). The van der Waals surface area contributed by atoms with Crippen molar-refractivity contribution in [2.24, 2.45) is 5.73 Å². The van der Waals surface area contributed by atoms with Crippen LogP contribution >= 0.6 is 23.8 Å². The lowest BCUT2D eigenvalue weighted by molar-refractivity contribution is -0.606. The molecular formula is C19H11ClF4N4O5S. The first-order valence-corrected chi connectivity index (χ1v) is 9.77. The van der Waals surface area contributed by atoms with Crippen molar-refractivity contribution in [1.29, 1.82) is 0 Å². The number of nitro groups is 2. The number of thiocarbonyl (C=S) groups is 1. The zero-order valence-electron chi connectivity index (χ0n) is 16.5. The van der Waals surface area contributed by atoms with E-state index in [2.05, 4.69) is 17.2 Å². The number of halogens is 5. The summed E-state index contributed by atoms with van der Waals surface area (Å²) in [5.74, 6) is -2.33. The zero-order chi connectivity index (χ0) is 25.4. The Morgan fingerprint density at radius 1 is 1.26 bits per heavy atom. The van der Waals surface area contributed by atoms with Crippen LogP contribution in [0.25, 0.3) is 0 Å². The van der Waals surface area contributed by atoms with Gasteiger partial charge in [0.25, 0.3) is 0 Å². The van der Waals surface area contributed by atoms with Gasteiger partial charge >= 0.3 is 17.4 Å². The SMILES string of the molecule is NC(=S)C1=C(F)CC(c2cc(C(F)(F)F)cc(Cl)c2Oc2ccccn2)([N+](=O)[O-])C([N+](=O)[O-])=C1. The van der Waals surface area contributed by atoms with Crippen LogP contribution in [0.5, 0.6) is 11.6 Å². The highest BCUT2D eigenvalue weighted by atomic mass is 35.5. The maximum Gasteiger partial charge on any atom is 0.416 e. The molecule has 1 aliphatic rings. The third-order valence-electron chi connectivity index (χ3n) is 4.84. The van der Waals surface area contributed by atoms with Crippen molar-refractivity contribution in [2.45, 2.75) is 18.1 Å². The molecule has 0 fully saturated rings. The molecular weight excluding hydrogens is 508 g/mol. The van der Waals surface area contributed by atoms with E-state index in [-0.39, 0.29) is 11.9 Å². The Balaban J connectivity index is 2.42. The van der Waals surface area contributed by atoms with Crippen LogP contribution in [0.4, 0.5) is 17.6 Å². The Labute approximate surface area is 197 Å². The first-order chi connectivity index (χ1) is 15.8. The molecule has 0 aliphatic heterocycles. The monoisotopic (exact) mass is 518 g/mol. The van der Waals surface area contributed by atoms with E-state index < -0.39 is 72.0 Å². The van der Waals surface area contributed by atoms with Crippen molar-refractivity contribution in [3.8, 4) is 11.6 Å². The Bertz CT molecular complexity index is 1270. The highest BCUT2D eigenvalue weighted by molar-refractivity contribution is 7.80. The van der Waals surface area contributed by atoms with Gasteiger partial charge in [0.15, 0.2) is 5.75 Å². The molecule has 3 rings (SSSR count). The fraction of sp³-hybridized carbons (Fsp3) is 0.158. The van der Waals surface area contributed by atoms with Gasteiger partial charge in [0, 0.05) is 28.8 Å². The van der Waals surface area contributed by atoms with Gasteiger partial charge < -0.3 is 10.5 Å². The van der Waals surface area contributed by atoms with Crippen molar-refractivity contribution >= 4 is 28.8 Å². The average Bonchev–Trinajstić information content (AvgIpc) is 2.74. The van der Waals surface area contributed by atoms with Gasteiger partial charge in [-0.1, -0.05) is 29.9 Å². The summed E-state index contributed by atoms with van der Waals surface area (Å²) in [5.41, 5.74) is -2.27. The lowest BCUT2D eigenvalue weighted by Gasteiger charge is -2.28. The summed E-state index contributed by atoms with van der Waals surface area (Å²) in [6, 6.07) is 4.84. The Morgan fingerprint density at radius 3 is 2.44 bits per heavy atom. The largest absolute Gasteiger partial charge is 0.437 e. The molecule has 34 heavy (non-hydrogen) atoms. The van der Waals surface area contributed by atoms with Gasteiger partial charge in [0.1, 0.15) is 10.8 Å². The summed E-state index contributed by atoms with van der Waals surface area (Å²) in [4.78, 5) is 24.8. The molecule has 9 nitrogen and oxygen atoms in total. The summed E-state index contributed by atoms with van der Waals surface area (Å²) in [7, 11) is 0. The molecule has 0 saturated carbocycles. The van der Waals surface area contributed by atoms with Crippen LogP contribution in [0.3, 0.4) is 0 Å². The molecule has 2 N–H and O–H groups in total. The molecule has 0 spiro atoms. The van der Waals surface area contributed by atoms with Crippen molar-refractivity contribution in [3.05, 3.63) is 96.1 Å². The number of nitrogens with zero attached hydrogens (tertiary/aromatic N) is 3.